The van der Waals surface area contributed by atoms with Gasteiger partial charge in [-0.25, -0.2) is 0 Å². The lowest BCUT2D eigenvalue weighted by molar-refractivity contribution is -0.0417. The number of ether oxygens (including phenoxy) is 1. The summed E-state index contributed by atoms with van der Waals surface area (Å²) in [6.07, 6.45) is 7.57. The molecule has 2 aliphatic carbocycles. The molecule has 2 aliphatic rings. The lowest BCUT2D eigenvalue weighted by atomic mass is 9.89. The van der Waals surface area contributed by atoms with Gasteiger partial charge in [-0.1, -0.05) is 12.8 Å². The lowest BCUT2D eigenvalue weighted by Crippen LogP contribution is -2.54. The van der Waals surface area contributed by atoms with Crippen LogP contribution in [0.4, 0.5) is 0 Å². The minimum atomic E-state index is 0.0515. The molecule has 13 heavy (non-hydrogen) atoms. The second-order valence-electron chi connectivity index (χ2n) is 4.46. The van der Waals surface area contributed by atoms with Gasteiger partial charge in [0.05, 0.1) is 11.6 Å². The monoisotopic (exact) mass is 184 g/mol. The van der Waals surface area contributed by atoms with Crippen molar-refractivity contribution in [1.82, 2.24) is 5.43 Å². The molecular formula is C10H20N2O. The number of nitrogens with one attached hydrogen (secondary N) is 1. The number of hydrazine groups is 1. The normalized spacial score (nSPS) is 29.1. The second kappa shape index (κ2) is 3.56. The van der Waals surface area contributed by atoms with Crippen LogP contribution >= 0.6 is 0 Å². The summed E-state index contributed by atoms with van der Waals surface area (Å²) in [5.41, 5.74) is 3.02. The third-order valence-electron chi connectivity index (χ3n) is 3.70. The SMILES string of the molecule is COC1(C(NN)C2CC2)CCCC1. The van der Waals surface area contributed by atoms with Crippen LogP contribution in [0.1, 0.15) is 38.5 Å². The van der Waals surface area contributed by atoms with Crippen LogP contribution in [0.3, 0.4) is 0 Å². The van der Waals surface area contributed by atoms with E-state index in [2.05, 4.69) is 5.43 Å². The van der Waals surface area contributed by atoms with E-state index in [9.17, 15) is 0 Å². The smallest absolute Gasteiger partial charge is 0.0847 e. The van der Waals surface area contributed by atoms with E-state index >= 15 is 0 Å². The molecule has 3 N–H and O–H groups in total. The average molecular weight is 184 g/mol. The summed E-state index contributed by atoms with van der Waals surface area (Å²) in [4.78, 5) is 0. The fourth-order valence-electron chi connectivity index (χ4n) is 2.76. The van der Waals surface area contributed by atoms with Crippen molar-refractivity contribution in [1.29, 1.82) is 0 Å². The first-order valence-electron chi connectivity index (χ1n) is 5.34. The molecule has 76 valence electrons. The topological polar surface area (TPSA) is 47.3 Å². The predicted molar refractivity (Wildman–Crippen MR) is 52.0 cm³/mol. The Morgan fingerprint density at radius 3 is 2.38 bits per heavy atom. The molecule has 0 spiro atoms. The first kappa shape index (κ1) is 9.44. The van der Waals surface area contributed by atoms with Crippen molar-refractivity contribution in [3.63, 3.8) is 0 Å². The van der Waals surface area contributed by atoms with Crippen molar-refractivity contribution in [2.75, 3.05) is 7.11 Å². The van der Waals surface area contributed by atoms with Gasteiger partial charge in [0.25, 0.3) is 0 Å². The van der Waals surface area contributed by atoms with Crippen molar-refractivity contribution in [3.05, 3.63) is 0 Å². The van der Waals surface area contributed by atoms with Crippen molar-refractivity contribution in [2.24, 2.45) is 11.8 Å². The largest absolute Gasteiger partial charge is 0.377 e. The summed E-state index contributed by atoms with van der Waals surface area (Å²) in [6, 6.07) is 0.389. The molecule has 0 aliphatic heterocycles. The van der Waals surface area contributed by atoms with Crippen LogP contribution in [0, 0.1) is 5.92 Å². The van der Waals surface area contributed by atoms with E-state index < -0.39 is 0 Å². The molecule has 3 nitrogen and oxygen atoms in total. The Morgan fingerprint density at radius 2 is 2.00 bits per heavy atom. The maximum Gasteiger partial charge on any atom is 0.0847 e. The Hall–Kier alpha value is -0.120. The Labute approximate surface area is 80.0 Å². The quantitative estimate of drug-likeness (QED) is 0.509. The summed E-state index contributed by atoms with van der Waals surface area (Å²) >= 11 is 0. The zero-order valence-corrected chi connectivity index (χ0v) is 8.38. The number of rotatable bonds is 4. The highest BCUT2D eigenvalue weighted by Crippen LogP contribution is 2.44. The van der Waals surface area contributed by atoms with E-state index in [0.29, 0.717) is 6.04 Å². The van der Waals surface area contributed by atoms with Gasteiger partial charge in [0, 0.05) is 7.11 Å². The molecule has 2 saturated carbocycles. The molecule has 0 aromatic rings. The highest BCUT2D eigenvalue weighted by atomic mass is 16.5. The number of nitrogens with two attached hydrogens (primary N) is 1. The van der Waals surface area contributed by atoms with E-state index in [1.165, 1.54) is 38.5 Å². The van der Waals surface area contributed by atoms with Crippen LogP contribution in [-0.2, 0) is 4.74 Å². The molecular weight excluding hydrogens is 164 g/mol. The molecule has 0 aromatic heterocycles. The van der Waals surface area contributed by atoms with Crippen LogP contribution in [0.15, 0.2) is 0 Å². The van der Waals surface area contributed by atoms with E-state index in [1.54, 1.807) is 0 Å². The van der Waals surface area contributed by atoms with Crippen molar-refractivity contribution in [3.8, 4) is 0 Å². The first-order valence-corrected chi connectivity index (χ1v) is 5.34. The van der Waals surface area contributed by atoms with Gasteiger partial charge in [0.1, 0.15) is 0 Å². The summed E-state index contributed by atoms with van der Waals surface area (Å²) in [6.45, 7) is 0. The molecule has 0 bridgehead atoms. The number of hydrogen-bond acceptors (Lipinski definition) is 3. The van der Waals surface area contributed by atoms with Gasteiger partial charge in [0.15, 0.2) is 0 Å². The highest BCUT2D eigenvalue weighted by molar-refractivity contribution is 5.02. The molecule has 1 atom stereocenters. The molecule has 3 heteroatoms. The molecule has 1 unspecified atom stereocenters. The molecule has 0 saturated heterocycles. The minimum Gasteiger partial charge on any atom is -0.377 e. The highest BCUT2D eigenvalue weighted by Gasteiger charge is 2.47. The van der Waals surface area contributed by atoms with Crippen LogP contribution in [0.5, 0.6) is 0 Å². The van der Waals surface area contributed by atoms with E-state index in [-0.39, 0.29) is 5.60 Å². The third-order valence-corrected chi connectivity index (χ3v) is 3.70. The summed E-state index contributed by atoms with van der Waals surface area (Å²) in [5, 5.41) is 0. The Morgan fingerprint density at radius 1 is 1.38 bits per heavy atom. The molecule has 2 rings (SSSR count). The second-order valence-corrected chi connectivity index (χ2v) is 4.46. The maximum absolute atomic E-state index is 5.71. The summed E-state index contributed by atoms with van der Waals surface area (Å²) in [7, 11) is 1.83. The predicted octanol–water partition coefficient (Wildman–Crippen LogP) is 1.19. The van der Waals surface area contributed by atoms with Crippen molar-refractivity contribution >= 4 is 0 Å². The van der Waals surface area contributed by atoms with E-state index in [4.69, 9.17) is 10.6 Å². The van der Waals surface area contributed by atoms with Gasteiger partial charge >= 0.3 is 0 Å². The zero-order valence-electron chi connectivity index (χ0n) is 8.38. The zero-order chi connectivity index (χ0) is 9.31. The molecule has 0 aromatic carbocycles. The first-order chi connectivity index (χ1) is 6.32. The van der Waals surface area contributed by atoms with Gasteiger partial charge in [-0.2, -0.15) is 0 Å². The van der Waals surface area contributed by atoms with Crippen molar-refractivity contribution in [2.45, 2.75) is 50.2 Å². The van der Waals surface area contributed by atoms with E-state index in [1.807, 2.05) is 7.11 Å². The van der Waals surface area contributed by atoms with Gasteiger partial charge in [0.2, 0.25) is 0 Å². The van der Waals surface area contributed by atoms with Gasteiger partial charge in [-0.05, 0) is 31.6 Å². The Balaban J connectivity index is 2.07. The molecule has 2 fully saturated rings. The van der Waals surface area contributed by atoms with Gasteiger partial charge in [-0.3, -0.25) is 11.3 Å². The van der Waals surface area contributed by atoms with Crippen LogP contribution < -0.4 is 11.3 Å². The summed E-state index contributed by atoms with van der Waals surface area (Å²) < 4.78 is 5.71. The summed E-state index contributed by atoms with van der Waals surface area (Å²) in [5.74, 6) is 6.39. The Bertz CT molecular complexity index is 174. The number of methoxy groups -OCH3 is 1. The van der Waals surface area contributed by atoms with Gasteiger partial charge < -0.3 is 4.74 Å². The van der Waals surface area contributed by atoms with Crippen LogP contribution in [0.2, 0.25) is 0 Å². The molecule has 0 radical (unpaired) electrons. The fourth-order valence-corrected chi connectivity index (χ4v) is 2.76. The van der Waals surface area contributed by atoms with Crippen molar-refractivity contribution < 1.29 is 4.74 Å². The average Bonchev–Trinajstić information content (AvgIpc) is 2.85. The lowest BCUT2D eigenvalue weighted by Gasteiger charge is -2.36. The van der Waals surface area contributed by atoms with Crippen LogP contribution in [0.25, 0.3) is 0 Å². The van der Waals surface area contributed by atoms with Gasteiger partial charge in [-0.15, -0.1) is 0 Å². The number of hydrogen-bond donors (Lipinski definition) is 2. The minimum absolute atomic E-state index is 0.0515. The standard InChI is InChI=1S/C10H20N2O/c1-13-10(6-2-3-7-10)9(12-11)8-4-5-8/h8-9,12H,2-7,11H2,1H3. The Kier molecular flexibility index (Phi) is 2.58. The third kappa shape index (κ3) is 1.60. The van der Waals surface area contributed by atoms with Crippen LogP contribution in [-0.4, -0.2) is 18.8 Å². The molecule has 0 amide bonds. The van der Waals surface area contributed by atoms with E-state index in [0.717, 1.165) is 5.92 Å². The molecule has 0 heterocycles. The fraction of sp³-hybridized carbons (Fsp3) is 1.00. The maximum atomic E-state index is 5.71.